The van der Waals surface area contributed by atoms with Gasteiger partial charge in [0.25, 0.3) is 0 Å². The van der Waals surface area contributed by atoms with E-state index in [9.17, 15) is 23.2 Å². The Labute approximate surface area is 176 Å². The van der Waals surface area contributed by atoms with Crippen molar-refractivity contribution >= 4 is 38.6 Å². The first-order valence-corrected chi connectivity index (χ1v) is 9.55. The summed E-state index contributed by atoms with van der Waals surface area (Å²) in [6.45, 7) is -0.261. The first-order valence-electron chi connectivity index (χ1n) is 8.76. The van der Waals surface area contributed by atoms with Crippen LogP contribution in [0.25, 0.3) is 11.1 Å². The summed E-state index contributed by atoms with van der Waals surface area (Å²) in [7, 11) is 0. The van der Waals surface area contributed by atoms with Crippen molar-refractivity contribution in [2.24, 2.45) is 0 Å². The number of aromatic nitrogens is 1. The highest BCUT2D eigenvalue weighted by molar-refractivity contribution is 9.10. The Morgan fingerprint density at radius 2 is 1.57 bits per heavy atom. The van der Waals surface area contributed by atoms with E-state index in [4.69, 9.17) is 4.42 Å². The van der Waals surface area contributed by atoms with Crippen LogP contribution in [0.15, 0.2) is 74.3 Å². The van der Waals surface area contributed by atoms with Crippen molar-refractivity contribution in [3.8, 4) is 0 Å². The van der Waals surface area contributed by atoms with Gasteiger partial charge in [-0.05, 0) is 42.5 Å². The van der Waals surface area contributed by atoms with Crippen molar-refractivity contribution in [3.63, 3.8) is 0 Å². The van der Waals surface area contributed by atoms with Crippen molar-refractivity contribution in [2.75, 3.05) is 0 Å². The quantitative estimate of drug-likeness (QED) is 0.394. The van der Waals surface area contributed by atoms with Crippen LogP contribution in [0.2, 0.25) is 0 Å². The SMILES string of the molecule is O=C(Cn1c(=O)oc2cc(C(=O)c3c(F)cccc3F)ccc21)c1ccc(Br)cc1. The maximum atomic E-state index is 13.9. The van der Waals surface area contributed by atoms with Gasteiger partial charge in [-0.2, -0.15) is 0 Å². The number of halogens is 3. The standard InChI is InChI=1S/C22H12BrF2NO4/c23-14-7-4-12(5-8-14)18(27)11-26-17-9-6-13(10-19(17)30-22(26)29)21(28)20-15(24)2-1-3-16(20)25/h1-10H,11H2. The monoisotopic (exact) mass is 471 g/mol. The summed E-state index contributed by atoms with van der Waals surface area (Å²) >= 11 is 3.29. The van der Waals surface area contributed by atoms with Gasteiger partial charge in [-0.25, -0.2) is 13.6 Å². The number of Topliss-reactive ketones (excluding diaryl/α,β-unsaturated/α-hetero) is 1. The first kappa shape index (κ1) is 19.9. The third-order valence-electron chi connectivity index (χ3n) is 4.59. The Bertz CT molecular complexity index is 1340. The molecule has 1 aromatic heterocycles. The van der Waals surface area contributed by atoms with E-state index >= 15 is 0 Å². The molecule has 0 saturated carbocycles. The largest absolute Gasteiger partial charge is 0.420 e. The Morgan fingerprint density at radius 1 is 0.933 bits per heavy atom. The minimum Gasteiger partial charge on any atom is -0.408 e. The molecule has 0 N–H and O–H groups in total. The Kier molecular flexibility index (Phi) is 5.17. The molecule has 0 unspecified atom stereocenters. The third-order valence-corrected chi connectivity index (χ3v) is 5.12. The number of hydrogen-bond acceptors (Lipinski definition) is 4. The highest BCUT2D eigenvalue weighted by atomic mass is 79.9. The molecule has 0 radical (unpaired) electrons. The Hall–Kier alpha value is -3.39. The zero-order chi connectivity index (χ0) is 21.4. The molecule has 0 saturated heterocycles. The third kappa shape index (κ3) is 3.61. The number of benzene rings is 3. The maximum absolute atomic E-state index is 13.9. The molecule has 30 heavy (non-hydrogen) atoms. The molecule has 0 spiro atoms. The zero-order valence-electron chi connectivity index (χ0n) is 15.2. The molecule has 3 aromatic carbocycles. The van der Waals surface area contributed by atoms with Gasteiger partial charge in [0.1, 0.15) is 11.6 Å². The second kappa shape index (κ2) is 7.79. The second-order valence-corrected chi connectivity index (χ2v) is 7.41. The lowest BCUT2D eigenvalue weighted by atomic mass is 10.0. The molecule has 4 aromatic rings. The number of ketones is 2. The second-order valence-electron chi connectivity index (χ2n) is 6.49. The smallest absolute Gasteiger partial charge is 0.408 e. The van der Waals surface area contributed by atoms with Crippen LogP contribution in [0, 0.1) is 11.6 Å². The number of carbonyl (C=O) groups is 2. The van der Waals surface area contributed by atoms with Gasteiger partial charge in [0.15, 0.2) is 17.1 Å². The van der Waals surface area contributed by atoms with E-state index < -0.39 is 28.7 Å². The topological polar surface area (TPSA) is 69.3 Å². The highest BCUT2D eigenvalue weighted by Crippen LogP contribution is 2.21. The summed E-state index contributed by atoms with van der Waals surface area (Å²) in [6, 6.07) is 13.8. The van der Waals surface area contributed by atoms with Gasteiger partial charge < -0.3 is 4.42 Å². The molecule has 0 atom stereocenters. The van der Waals surface area contributed by atoms with Crippen molar-refractivity contribution in [2.45, 2.75) is 6.54 Å². The van der Waals surface area contributed by atoms with E-state index in [0.717, 1.165) is 27.2 Å². The van der Waals surface area contributed by atoms with Gasteiger partial charge >= 0.3 is 5.76 Å². The number of carbonyl (C=O) groups excluding carboxylic acids is 2. The maximum Gasteiger partial charge on any atom is 0.420 e. The van der Waals surface area contributed by atoms with Gasteiger partial charge in [0, 0.05) is 15.6 Å². The summed E-state index contributed by atoms with van der Waals surface area (Å²) in [5, 5.41) is 0. The number of nitrogens with zero attached hydrogens (tertiary/aromatic N) is 1. The average Bonchev–Trinajstić information content (AvgIpc) is 3.02. The molecular weight excluding hydrogens is 460 g/mol. The fourth-order valence-electron chi connectivity index (χ4n) is 3.09. The van der Waals surface area contributed by atoms with Crippen LogP contribution < -0.4 is 5.76 Å². The van der Waals surface area contributed by atoms with Crippen LogP contribution in [-0.4, -0.2) is 16.1 Å². The molecule has 0 aliphatic heterocycles. The predicted octanol–water partition coefficient (Wildman–Crippen LogP) is 4.75. The molecule has 0 amide bonds. The highest BCUT2D eigenvalue weighted by Gasteiger charge is 2.21. The molecule has 0 fully saturated rings. The normalized spacial score (nSPS) is 11.0. The van der Waals surface area contributed by atoms with Gasteiger partial charge in [0.2, 0.25) is 0 Å². The van der Waals surface area contributed by atoms with Crippen LogP contribution in [0.3, 0.4) is 0 Å². The number of rotatable bonds is 5. The van der Waals surface area contributed by atoms with Crippen molar-refractivity contribution in [3.05, 3.63) is 104 Å². The molecular formula is C22H12BrF2NO4. The minimum atomic E-state index is -0.987. The van der Waals surface area contributed by atoms with Crippen LogP contribution in [0.5, 0.6) is 0 Å². The average molecular weight is 472 g/mol. The van der Waals surface area contributed by atoms with E-state index in [0.29, 0.717) is 5.56 Å². The zero-order valence-corrected chi connectivity index (χ0v) is 16.8. The Morgan fingerprint density at radius 3 is 2.23 bits per heavy atom. The van der Waals surface area contributed by atoms with Gasteiger partial charge in [-0.15, -0.1) is 0 Å². The van der Waals surface area contributed by atoms with Crippen LogP contribution in [0.4, 0.5) is 8.78 Å². The van der Waals surface area contributed by atoms with Gasteiger partial charge in [-0.1, -0.05) is 34.1 Å². The lowest BCUT2D eigenvalue weighted by Gasteiger charge is -2.05. The molecule has 5 nitrogen and oxygen atoms in total. The summed E-state index contributed by atoms with van der Waals surface area (Å²) < 4.78 is 34.9. The lowest BCUT2D eigenvalue weighted by molar-refractivity contribution is 0.0969. The van der Waals surface area contributed by atoms with Crippen LogP contribution in [0.1, 0.15) is 26.3 Å². The van der Waals surface area contributed by atoms with Crippen molar-refractivity contribution in [1.29, 1.82) is 0 Å². The van der Waals surface area contributed by atoms with Crippen LogP contribution >= 0.6 is 15.9 Å². The molecule has 8 heteroatoms. The predicted molar refractivity (Wildman–Crippen MR) is 109 cm³/mol. The fourth-order valence-corrected chi connectivity index (χ4v) is 3.35. The molecule has 0 bridgehead atoms. The van der Waals surface area contributed by atoms with Gasteiger partial charge in [0.05, 0.1) is 17.6 Å². The summed E-state index contributed by atoms with van der Waals surface area (Å²) in [6.07, 6.45) is 0. The number of fused-ring (bicyclic) bond motifs is 1. The molecule has 150 valence electrons. The number of oxazole rings is 1. The lowest BCUT2D eigenvalue weighted by Crippen LogP contribution is -2.20. The van der Waals surface area contributed by atoms with E-state index in [1.54, 1.807) is 24.3 Å². The Balaban J connectivity index is 1.69. The summed E-state index contributed by atoms with van der Waals surface area (Å²) in [5.74, 6) is -3.94. The van der Waals surface area contributed by atoms with Crippen LogP contribution in [-0.2, 0) is 6.54 Å². The van der Waals surface area contributed by atoms with Gasteiger partial charge in [-0.3, -0.25) is 14.2 Å². The summed E-state index contributed by atoms with van der Waals surface area (Å²) in [5.41, 5.74) is -0.000761. The first-order chi connectivity index (χ1) is 14.3. The number of hydrogen-bond donors (Lipinski definition) is 0. The van der Waals surface area contributed by atoms with E-state index in [-0.39, 0.29) is 29.0 Å². The van der Waals surface area contributed by atoms with E-state index in [2.05, 4.69) is 15.9 Å². The molecule has 0 aliphatic rings. The summed E-state index contributed by atoms with van der Waals surface area (Å²) in [4.78, 5) is 37.3. The van der Waals surface area contributed by atoms with E-state index in [1.165, 1.54) is 18.2 Å². The van der Waals surface area contributed by atoms with E-state index in [1.807, 2.05) is 0 Å². The minimum absolute atomic E-state index is 0.0335. The molecule has 1 heterocycles. The molecule has 4 rings (SSSR count). The van der Waals surface area contributed by atoms with Crippen molar-refractivity contribution < 1.29 is 22.8 Å². The molecule has 0 aliphatic carbocycles. The fraction of sp³-hybridized carbons (Fsp3) is 0.0455. The van der Waals surface area contributed by atoms with Crippen molar-refractivity contribution in [1.82, 2.24) is 4.57 Å².